The lowest BCUT2D eigenvalue weighted by Gasteiger charge is -2.32. The number of hydrogen-bond acceptors (Lipinski definition) is 5. The van der Waals surface area contributed by atoms with Crippen molar-refractivity contribution in [1.82, 2.24) is 14.9 Å². The number of benzene rings is 1. The average molecular weight is 452 g/mol. The van der Waals surface area contributed by atoms with E-state index in [1.54, 1.807) is 0 Å². The lowest BCUT2D eigenvalue weighted by molar-refractivity contribution is -0.217. The van der Waals surface area contributed by atoms with Crippen LogP contribution < -0.4 is 15.4 Å². The second kappa shape index (κ2) is 7.79. The van der Waals surface area contributed by atoms with Gasteiger partial charge in [-0.15, -0.1) is 0 Å². The van der Waals surface area contributed by atoms with Gasteiger partial charge in [-0.2, -0.15) is 13.2 Å². The van der Waals surface area contributed by atoms with E-state index in [1.165, 1.54) is 26.2 Å². The Morgan fingerprint density at radius 2 is 2.00 bits per heavy atom. The molecule has 1 atom stereocenters. The molecule has 2 aromatic rings. The Labute approximate surface area is 181 Å². The number of amides is 2. The van der Waals surface area contributed by atoms with Crippen molar-refractivity contribution in [1.29, 1.82) is 0 Å². The number of rotatable bonds is 6. The second-order valence-corrected chi connectivity index (χ2v) is 8.24. The largest absolute Gasteiger partial charge is 0.496 e. The summed E-state index contributed by atoms with van der Waals surface area (Å²) >= 11 is 0. The van der Waals surface area contributed by atoms with Gasteiger partial charge < -0.3 is 10.1 Å². The Morgan fingerprint density at radius 3 is 2.59 bits per heavy atom. The van der Waals surface area contributed by atoms with Gasteiger partial charge in [-0.1, -0.05) is 25.7 Å². The zero-order chi connectivity index (χ0) is 23.3. The Kier molecular flexibility index (Phi) is 5.38. The molecular weight excluding hydrogens is 429 g/mol. The quantitative estimate of drug-likeness (QED) is 0.654. The second-order valence-electron chi connectivity index (χ2n) is 8.24. The maximum atomic E-state index is 14.4. The fraction of sp³-hybridized carbons (Fsp3) is 0.524. The molecular formula is C21H23F3N4O4. The maximum Gasteiger partial charge on any atom is 0.440 e. The molecule has 2 aliphatic rings. The molecule has 0 bridgehead atoms. The van der Waals surface area contributed by atoms with Gasteiger partial charge in [0.05, 0.1) is 18.2 Å². The number of ether oxygens (including phenoxy) is 1. The molecule has 0 radical (unpaired) electrons. The SMILES string of the molecule is COc1ccc2c(nc3n2C(NC(=O)CCC2CCCC2)(C(F)(F)F)C(=O)N3)c1C(C)=O. The molecule has 0 saturated heterocycles. The van der Waals surface area contributed by atoms with Gasteiger partial charge >= 0.3 is 6.18 Å². The third-order valence-corrected chi connectivity index (χ3v) is 6.24. The number of aromatic nitrogens is 2. The smallest absolute Gasteiger partial charge is 0.440 e. The average Bonchev–Trinajstić information content (AvgIpc) is 3.41. The minimum atomic E-state index is -5.17. The van der Waals surface area contributed by atoms with Crippen LogP contribution in [0, 0.1) is 5.92 Å². The van der Waals surface area contributed by atoms with E-state index in [4.69, 9.17) is 4.74 Å². The van der Waals surface area contributed by atoms with E-state index in [2.05, 4.69) is 10.3 Å². The van der Waals surface area contributed by atoms with E-state index < -0.39 is 35.4 Å². The highest BCUT2D eigenvalue weighted by atomic mass is 19.4. The number of hydrogen-bond donors (Lipinski definition) is 2. The zero-order valence-corrected chi connectivity index (χ0v) is 17.6. The number of nitrogens with zero attached hydrogens (tertiary/aromatic N) is 2. The number of carbonyl (C=O) groups is 3. The monoisotopic (exact) mass is 452 g/mol. The molecule has 2 heterocycles. The fourth-order valence-corrected chi connectivity index (χ4v) is 4.69. The molecule has 1 aromatic heterocycles. The van der Waals surface area contributed by atoms with E-state index in [1.807, 2.05) is 5.32 Å². The molecule has 8 nitrogen and oxygen atoms in total. The Bertz CT molecular complexity index is 1100. The summed E-state index contributed by atoms with van der Waals surface area (Å²) in [6, 6.07) is 2.61. The molecule has 0 spiro atoms. The summed E-state index contributed by atoms with van der Waals surface area (Å²) in [5, 5.41) is 4.07. The van der Waals surface area contributed by atoms with E-state index >= 15 is 0 Å². The summed E-state index contributed by atoms with van der Waals surface area (Å²) in [6.45, 7) is 1.24. The number of carbonyl (C=O) groups excluding carboxylic acids is 3. The lowest BCUT2D eigenvalue weighted by Crippen LogP contribution is -2.63. The molecule has 2 amide bonds. The van der Waals surface area contributed by atoms with Crippen molar-refractivity contribution in [3.05, 3.63) is 17.7 Å². The normalized spacial score (nSPS) is 21.0. The van der Waals surface area contributed by atoms with Gasteiger partial charge in [-0.3, -0.25) is 24.3 Å². The van der Waals surface area contributed by atoms with Crippen LogP contribution in [0.1, 0.15) is 55.8 Å². The predicted molar refractivity (Wildman–Crippen MR) is 108 cm³/mol. The first-order chi connectivity index (χ1) is 15.1. The molecule has 1 unspecified atom stereocenters. The number of nitrogens with one attached hydrogen (secondary N) is 2. The third-order valence-electron chi connectivity index (χ3n) is 6.24. The molecule has 11 heteroatoms. The zero-order valence-electron chi connectivity index (χ0n) is 17.6. The number of ketones is 1. The number of imidazole rings is 1. The van der Waals surface area contributed by atoms with Crippen LogP contribution in [-0.2, 0) is 15.3 Å². The number of anilines is 1. The topological polar surface area (TPSA) is 102 Å². The highest BCUT2D eigenvalue weighted by Crippen LogP contribution is 2.45. The van der Waals surface area contributed by atoms with Crippen LogP contribution in [0.5, 0.6) is 5.75 Å². The summed E-state index contributed by atoms with van der Waals surface area (Å²) in [4.78, 5) is 41.5. The molecule has 1 fully saturated rings. The van der Waals surface area contributed by atoms with E-state index in [0.717, 1.165) is 25.7 Å². The van der Waals surface area contributed by atoms with Gasteiger partial charge in [0.25, 0.3) is 11.6 Å². The van der Waals surface area contributed by atoms with Crippen LogP contribution in [0.25, 0.3) is 11.0 Å². The van der Waals surface area contributed by atoms with Gasteiger partial charge in [0, 0.05) is 6.42 Å². The molecule has 4 rings (SSSR count). The fourth-order valence-electron chi connectivity index (χ4n) is 4.69. The number of halogens is 3. The Hall–Kier alpha value is -3.11. The maximum absolute atomic E-state index is 14.4. The van der Waals surface area contributed by atoms with Crippen LogP contribution in [0.4, 0.5) is 19.1 Å². The van der Waals surface area contributed by atoms with Crippen molar-refractivity contribution in [3.63, 3.8) is 0 Å². The number of Topliss-reactive ketones (excluding diaryl/α,β-unsaturated/α-hetero) is 1. The van der Waals surface area contributed by atoms with Gasteiger partial charge in [0.15, 0.2) is 5.78 Å². The summed E-state index contributed by atoms with van der Waals surface area (Å²) in [6.07, 6.45) is -0.834. The van der Waals surface area contributed by atoms with Crippen molar-refractivity contribution >= 4 is 34.6 Å². The summed E-state index contributed by atoms with van der Waals surface area (Å²) in [7, 11) is 1.32. The van der Waals surface area contributed by atoms with Gasteiger partial charge in [0.1, 0.15) is 11.3 Å². The van der Waals surface area contributed by atoms with Crippen LogP contribution in [0.2, 0.25) is 0 Å². The van der Waals surface area contributed by atoms with Gasteiger partial charge in [0.2, 0.25) is 11.9 Å². The number of alkyl halides is 3. The lowest BCUT2D eigenvalue weighted by atomic mass is 10.0. The van der Waals surface area contributed by atoms with Crippen LogP contribution in [0.15, 0.2) is 12.1 Å². The highest BCUT2D eigenvalue weighted by Gasteiger charge is 2.67. The Balaban J connectivity index is 1.80. The molecule has 1 saturated carbocycles. The van der Waals surface area contributed by atoms with Crippen molar-refractivity contribution in [2.75, 3.05) is 12.4 Å². The first kappa shape index (κ1) is 22.1. The van der Waals surface area contributed by atoms with Crippen LogP contribution >= 0.6 is 0 Å². The first-order valence-corrected chi connectivity index (χ1v) is 10.4. The van der Waals surface area contributed by atoms with E-state index in [0.29, 0.717) is 16.9 Å². The summed E-state index contributed by atoms with van der Waals surface area (Å²) in [5.74, 6) is -2.76. The van der Waals surface area contributed by atoms with Crippen molar-refractivity contribution < 1.29 is 32.3 Å². The first-order valence-electron chi connectivity index (χ1n) is 10.4. The molecule has 172 valence electrons. The number of methoxy groups -OCH3 is 1. The molecule has 32 heavy (non-hydrogen) atoms. The van der Waals surface area contributed by atoms with Crippen molar-refractivity contribution in [2.45, 2.75) is 57.3 Å². The Morgan fingerprint density at radius 1 is 1.31 bits per heavy atom. The minimum absolute atomic E-state index is 0.00946. The van der Waals surface area contributed by atoms with Gasteiger partial charge in [-0.25, -0.2) is 4.98 Å². The van der Waals surface area contributed by atoms with Gasteiger partial charge in [-0.05, 0) is 31.4 Å². The number of fused-ring (bicyclic) bond motifs is 3. The predicted octanol–water partition coefficient (Wildman–Crippen LogP) is 3.50. The highest BCUT2D eigenvalue weighted by molar-refractivity contribution is 6.11. The third kappa shape index (κ3) is 3.30. The summed E-state index contributed by atoms with van der Waals surface area (Å²) in [5.41, 5.74) is -3.56. The van der Waals surface area contributed by atoms with Crippen LogP contribution in [0.3, 0.4) is 0 Å². The standard InChI is InChI=1S/C21H23F3N4O4/c1-11(29)16-14(32-2)9-8-13-17(16)25-19-26-18(31)20(28(13)19,21(22,23)24)27-15(30)10-7-12-5-3-4-6-12/h8-9,12H,3-7,10H2,1-2H3,(H,27,30)(H,25,26,31). The van der Waals surface area contributed by atoms with E-state index in [-0.39, 0.29) is 28.8 Å². The molecule has 1 aliphatic carbocycles. The van der Waals surface area contributed by atoms with Crippen molar-refractivity contribution in [3.8, 4) is 5.75 Å². The van der Waals surface area contributed by atoms with E-state index in [9.17, 15) is 27.6 Å². The molecule has 1 aliphatic heterocycles. The van der Waals surface area contributed by atoms with Crippen LogP contribution in [-0.4, -0.2) is 40.4 Å². The minimum Gasteiger partial charge on any atom is -0.496 e. The summed E-state index contributed by atoms with van der Waals surface area (Å²) < 4.78 is 49.1. The molecule has 2 N–H and O–H groups in total. The molecule has 1 aromatic carbocycles. The van der Waals surface area contributed by atoms with Crippen molar-refractivity contribution in [2.24, 2.45) is 5.92 Å².